The summed E-state index contributed by atoms with van der Waals surface area (Å²) >= 11 is 0. The number of aliphatic hydroxyl groups excluding tert-OH is 1. The van der Waals surface area contributed by atoms with Crippen molar-refractivity contribution in [2.24, 2.45) is 5.73 Å². The van der Waals surface area contributed by atoms with Crippen molar-refractivity contribution < 1.29 is 9.90 Å². The second-order valence-electron chi connectivity index (χ2n) is 4.88. The van der Waals surface area contributed by atoms with Crippen molar-refractivity contribution in [1.82, 2.24) is 14.8 Å². The fourth-order valence-corrected chi connectivity index (χ4v) is 2.14. The van der Waals surface area contributed by atoms with Gasteiger partial charge in [-0.3, -0.25) is 9.78 Å². The molecule has 1 fully saturated rings. The van der Waals surface area contributed by atoms with Crippen LogP contribution in [0.5, 0.6) is 0 Å². The lowest BCUT2D eigenvalue weighted by atomic mass is 10.0. The fourth-order valence-electron chi connectivity index (χ4n) is 2.14. The summed E-state index contributed by atoms with van der Waals surface area (Å²) < 4.78 is 0. The summed E-state index contributed by atoms with van der Waals surface area (Å²) in [5.41, 5.74) is 6.50. The normalized spacial score (nSPS) is 17.3. The van der Waals surface area contributed by atoms with Gasteiger partial charge in [-0.05, 0) is 24.7 Å². The molecule has 1 saturated heterocycles. The maximum absolute atomic E-state index is 12.2. The highest BCUT2D eigenvalue weighted by molar-refractivity contribution is 5.86. The summed E-state index contributed by atoms with van der Waals surface area (Å²) in [5.74, 6) is -0.197. The predicted molar refractivity (Wildman–Crippen MR) is 93.0 cm³/mol. The number of aliphatic hydroxyl groups is 1. The highest BCUT2D eigenvalue weighted by Gasteiger charge is 2.29. The van der Waals surface area contributed by atoms with E-state index in [1.807, 2.05) is 7.05 Å². The van der Waals surface area contributed by atoms with Gasteiger partial charge in [-0.1, -0.05) is 0 Å². The highest BCUT2D eigenvalue weighted by Crippen LogP contribution is 2.16. The minimum atomic E-state index is -0.991. The molecule has 0 aromatic carbocycles. The van der Waals surface area contributed by atoms with Gasteiger partial charge < -0.3 is 20.6 Å². The molecule has 2 atom stereocenters. The van der Waals surface area contributed by atoms with Crippen molar-refractivity contribution in [3.05, 3.63) is 30.1 Å². The van der Waals surface area contributed by atoms with Gasteiger partial charge in [0.2, 0.25) is 5.91 Å². The third-order valence-electron chi connectivity index (χ3n) is 3.49. The quantitative estimate of drug-likeness (QED) is 0.805. The number of carbonyl (C=O) groups is 1. The number of hydrogen-bond donors (Lipinski definition) is 2. The van der Waals surface area contributed by atoms with Crippen LogP contribution < -0.4 is 5.73 Å². The van der Waals surface area contributed by atoms with Gasteiger partial charge in [0.15, 0.2) is 0 Å². The van der Waals surface area contributed by atoms with Gasteiger partial charge in [-0.2, -0.15) is 0 Å². The number of piperazine rings is 1. The van der Waals surface area contributed by atoms with E-state index in [2.05, 4.69) is 9.88 Å². The topological polar surface area (TPSA) is 82.7 Å². The van der Waals surface area contributed by atoms with Crippen LogP contribution in [-0.4, -0.2) is 65.1 Å². The lowest BCUT2D eigenvalue weighted by Crippen LogP contribution is -2.53. The third-order valence-corrected chi connectivity index (χ3v) is 3.49. The first-order valence-electron chi connectivity index (χ1n) is 6.40. The first-order chi connectivity index (χ1) is 9.09. The fraction of sp³-hybridized carbons (Fsp3) is 0.538. The van der Waals surface area contributed by atoms with E-state index in [0.29, 0.717) is 18.7 Å². The van der Waals surface area contributed by atoms with Crippen molar-refractivity contribution in [1.29, 1.82) is 0 Å². The summed E-state index contributed by atoms with van der Waals surface area (Å²) in [5, 5.41) is 10.1. The van der Waals surface area contributed by atoms with Crippen molar-refractivity contribution in [3.63, 3.8) is 0 Å². The van der Waals surface area contributed by atoms with Crippen molar-refractivity contribution in [2.45, 2.75) is 12.1 Å². The van der Waals surface area contributed by atoms with E-state index in [0.717, 1.165) is 13.1 Å². The van der Waals surface area contributed by atoms with E-state index >= 15 is 0 Å². The summed E-state index contributed by atoms with van der Waals surface area (Å²) in [4.78, 5) is 20.0. The molecule has 2 unspecified atom stereocenters. The molecule has 0 radical (unpaired) electrons. The molecule has 0 aliphatic carbocycles. The first-order valence-corrected chi connectivity index (χ1v) is 6.40. The molecule has 1 amide bonds. The van der Waals surface area contributed by atoms with Crippen LogP contribution in [0.1, 0.15) is 11.7 Å². The number of aromatic nitrogens is 1. The molecule has 1 aliphatic rings. The van der Waals surface area contributed by atoms with Gasteiger partial charge in [-0.15, -0.1) is 37.2 Å². The number of nitrogens with two attached hydrogens (primary N) is 1. The monoisotopic (exact) mass is 372 g/mol. The molecule has 2 heterocycles. The SMILES string of the molecule is CN1CCN(C(=O)C(N)C(O)c2ccncc2)CC1.Cl.Cl.Cl. The van der Waals surface area contributed by atoms with E-state index < -0.39 is 12.1 Å². The summed E-state index contributed by atoms with van der Waals surface area (Å²) in [7, 11) is 2.02. The third kappa shape index (κ3) is 5.87. The Morgan fingerprint density at radius 3 is 2.18 bits per heavy atom. The van der Waals surface area contributed by atoms with Crippen LogP contribution in [-0.2, 0) is 4.79 Å². The van der Waals surface area contributed by atoms with Crippen LogP contribution in [0.3, 0.4) is 0 Å². The number of hydrogen-bond acceptors (Lipinski definition) is 5. The summed E-state index contributed by atoms with van der Waals surface area (Å²) in [6.45, 7) is 2.99. The Bertz CT molecular complexity index is 431. The minimum Gasteiger partial charge on any atom is -0.386 e. The molecule has 0 saturated carbocycles. The number of halogens is 3. The van der Waals surface area contributed by atoms with Gasteiger partial charge in [0.1, 0.15) is 12.1 Å². The number of likely N-dealkylation sites (N-methyl/N-ethyl adjacent to an activating group) is 1. The Morgan fingerprint density at radius 2 is 1.68 bits per heavy atom. The molecule has 0 bridgehead atoms. The lowest BCUT2D eigenvalue weighted by molar-refractivity contribution is -0.136. The number of pyridine rings is 1. The summed E-state index contributed by atoms with van der Waals surface area (Å²) in [6.07, 6.45) is 2.16. The van der Waals surface area contributed by atoms with Gasteiger partial charge in [-0.25, -0.2) is 0 Å². The zero-order chi connectivity index (χ0) is 13.8. The van der Waals surface area contributed by atoms with Gasteiger partial charge in [0.25, 0.3) is 0 Å². The van der Waals surface area contributed by atoms with E-state index in [-0.39, 0.29) is 43.1 Å². The molecule has 6 nitrogen and oxygen atoms in total. The number of nitrogens with zero attached hydrogens (tertiary/aromatic N) is 3. The molecular weight excluding hydrogens is 351 g/mol. The van der Waals surface area contributed by atoms with Crippen LogP contribution >= 0.6 is 37.2 Å². The largest absolute Gasteiger partial charge is 0.386 e. The van der Waals surface area contributed by atoms with Crippen molar-refractivity contribution in [2.75, 3.05) is 33.2 Å². The second kappa shape index (κ2) is 11.0. The van der Waals surface area contributed by atoms with E-state index in [1.165, 1.54) is 0 Å². The highest BCUT2D eigenvalue weighted by atomic mass is 35.5. The van der Waals surface area contributed by atoms with Gasteiger partial charge >= 0.3 is 0 Å². The standard InChI is InChI=1S/C13H20N4O2.3ClH/c1-16-6-8-17(9-7-16)13(19)11(14)12(18)10-2-4-15-5-3-10;;;/h2-5,11-12,18H,6-9,14H2,1H3;3*1H. The van der Waals surface area contributed by atoms with Crippen LogP contribution in [0.2, 0.25) is 0 Å². The van der Waals surface area contributed by atoms with E-state index in [1.54, 1.807) is 29.4 Å². The molecule has 128 valence electrons. The Labute approximate surface area is 149 Å². The zero-order valence-corrected chi connectivity index (χ0v) is 14.7. The molecule has 2 rings (SSSR count). The van der Waals surface area contributed by atoms with Gasteiger partial charge in [0.05, 0.1) is 0 Å². The maximum Gasteiger partial charge on any atom is 0.242 e. The van der Waals surface area contributed by atoms with E-state index in [9.17, 15) is 9.90 Å². The molecular formula is C13H23Cl3N4O2. The van der Waals surface area contributed by atoms with Gasteiger partial charge in [0, 0.05) is 38.6 Å². The first kappa shape index (κ1) is 23.6. The van der Waals surface area contributed by atoms with Crippen LogP contribution in [0.15, 0.2) is 24.5 Å². The Balaban J connectivity index is 0. The maximum atomic E-state index is 12.2. The van der Waals surface area contributed by atoms with Crippen molar-refractivity contribution >= 4 is 43.1 Å². The smallest absolute Gasteiger partial charge is 0.242 e. The van der Waals surface area contributed by atoms with Crippen LogP contribution in [0.4, 0.5) is 0 Å². The molecule has 22 heavy (non-hydrogen) atoms. The molecule has 9 heteroatoms. The Kier molecular flexibility index (Phi) is 11.8. The molecule has 1 aliphatic heterocycles. The average molecular weight is 374 g/mol. The van der Waals surface area contributed by atoms with Crippen LogP contribution in [0, 0.1) is 0 Å². The Hall–Kier alpha value is -0.630. The molecule has 1 aromatic rings. The number of carbonyl (C=O) groups excluding carboxylic acids is 1. The zero-order valence-electron chi connectivity index (χ0n) is 12.3. The second-order valence-corrected chi connectivity index (χ2v) is 4.88. The Morgan fingerprint density at radius 1 is 1.18 bits per heavy atom. The number of rotatable bonds is 3. The van der Waals surface area contributed by atoms with E-state index in [4.69, 9.17) is 5.73 Å². The summed E-state index contributed by atoms with van der Waals surface area (Å²) in [6, 6.07) is 2.41. The van der Waals surface area contributed by atoms with Crippen LogP contribution in [0.25, 0.3) is 0 Å². The number of amides is 1. The van der Waals surface area contributed by atoms with Crippen molar-refractivity contribution in [3.8, 4) is 0 Å². The minimum absolute atomic E-state index is 0. The molecule has 0 spiro atoms. The molecule has 1 aromatic heterocycles. The lowest BCUT2D eigenvalue weighted by Gasteiger charge is -2.34. The average Bonchev–Trinajstić information content (AvgIpc) is 2.46. The molecule has 3 N–H and O–H groups in total. The predicted octanol–water partition coefficient (Wildman–Crippen LogP) is 0.482.